The number of benzene rings is 1. The average Bonchev–Trinajstić information content (AvgIpc) is 3.09. The molecule has 2 amide bonds. The van der Waals surface area contributed by atoms with Crippen LogP contribution in [0.4, 0.5) is 0 Å². The lowest BCUT2D eigenvalue weighted by atomic mass is 9.90. The Balaban J connectivity index is 1.53. The first-order valence-electron chi connectivity index (χ1n) is 10.0. The number of carbonyl (C=O) groups is 2. The van der Waals surface area contributed by atoms with Crippen LogP contribution >= 0.6 is 0 Å². The van der Waals surface area contributed by atoms with Crippen molar-refractivity contribution in [1.82, 2.24) is 5.32 Å². The molecule has 8 heteroatoms. The molecule has 1 aromatic heterocycles. The summed E-state index contributed by atoms with van der Waals surface area (Å²) in [5.41, 5.74) is 2.32. The maximum Gasteiger partial charge on any atom is 0.264 e. The molecular formula is C22H25NO6S. The number of imide groups is 1. The van der Waals surface area contributed by atoms with Crippen molar-refractivity contribution in [2.75, 3.05) is 12.9 Å². The van der Waals surface area contributed by atoms with Gasteiger partial charge in [0.25, 0.3) is 10.1 Å². The number of hydrogen-bond acceptors (Lipinski definition) is 6. The van der Waals surface area contributed by atoms with Crippen LogP contribution in [0.15, 0.2) is 28.9 Å². The summed E-state index contributed by atoms with van der Waals surface area (Å²) in [4.78, 5) is 23.6. The lowest BCUT2D eigenvalue weighted by molar-refractivity contribution is -0.134. The zero-order valence-corrected chi connectivity index (χ0v) is 17.7. The summed E-state index contributed by atoms with van der Waals surface area (Å²) in [6.07, 6.45) is 7.69. The van der Waals surface area contributed by atoms with E-state index < -0.39 is 10.1 Å². The van der Waals surface area contributed by atoms with E-state index in [1.54, 1.807) is 6.26 Å². The van der Waals surface area contributed by atoms with Gasteiger partial charge in [-0.25, -0.2) is 0 Å². The molecule has 1 unspecified atom stereocenters. The van der Waals surface area contributed by atoms with Gasteiger partial charge in [-0.2, -0.15) is 8.42 Å². The van der Waals surface area contributed by atoms with Crippen molar-refractivity contribution >= 4 is 32.9 Å². The quantitative estimate of drug-likeness (QED) is 0.298. The monoisotopic (exact) mass is 431 g/mol. The number of carbonyl (C=O) groups excluding carboxylic acids is 2. The summed E-state index contributed by atoms with van der Waals surface area (Å²) in [7, 11) is -3.35. The number of nitrogens with one attached hydrogen (secondary N) is 1. The van der Waals surface area contributed by atoms with Gasteiger partial charge in [-0.3, -0.25) is 19.1 Å². The zero-order valence-electron chi connectivity index (χ0n) is 16.9. The summed E-state index contributed by atoms with van der Waals surface area (Å²) in [5.74, 6) is 5.39. The molecule has 0 bridgehead atoms. The third-order valence-corrected chi connectivity index (χ3v) is 5.54. The van der Waals surface area contributed by atoms with Gasteiger partial charge < -0.3 is 4.42 Å². The fourth-order valence-corrected chi connectivity index (χ4v) is 3.85. The van der Waals surface area contributed by atoms with Crippen LogP contribution in [0, 0.1) is 11.8 Å². The first-order valence-corrected chi connectivity index (χ1v) is 11.8. The van der Waals surface area contributed by atoms with Gasteiger partial charge in [0.15, 0.2) is 0 Å². The third kappa shape index (κ3) is 6.18. The molecule has 0 spiro atoms. The van der Waals surface area contributed by atoms with Gasteiger partial charge in [0.2, 0.25) is 11.8 Å². The van der Waals surface area contributed by atoms with E-state index in [2.05, 4.69) is 17.2 Å². The van der Waals surface area contributed by atoms with E-state index in [1.807, 2.05) is 18.2 Å². The molecule has 7 nitrogen and oxygen atoms in total. The Kier molecular flexibility index (Phi) is 7.29. The van der Waals surface area contributed by atoms with Crippen molar-refractivity contribution in [2.24, 2.45) is 0 Å². The molecule has 160 valence electrons. The highest BCUT2D eigenvalue weighted by molar-refractivity contribution is 7.85. The van der Waals surface area contributed by atoms with E-state index in [9.17, 15) is 18.0 Å². The van der Waals surface area contributed by atoms with Gasteiger partial charge >= 0.3 is 0 Å². The average molecular weight is 432 g/mol. The van der Waals surface area contributed by atoms with Gasteiger partial charge in [-0.1, -0.05) is 24.7 Å². The fourth-order valence-electron chi connectivity index (χ4n) is 3.43. The highest BCUT2D eigenvalue weighted by atomic mass is 32.2. The maximum absolute atomic E-state index is 12.2. The van der Waals surface area contributed by atoms with Crippen LogP contribution in [0.5, 0.6) is 0 Å². The van der Waals surface area contributed by atoms with Crippen LogP contribution < -0.4 is 5.32 Å². The number of unbranched alkanes of at least 4 members (excludes halogenated alkanes) is 4. The number of amides is 2. The molecule has 0 radical (unpaired) electrons. The molecule has 1 N–H and O–H groups in total. The van der Waals surface area contributed by atoms with E-state index in [-0.39, 0.29) is 24.3 Å². The highest BCUT2D eigenvalue weighted by Crippen LogP contribution is 2.32. The smallest absolute Gasteiger partial charge is 0.264 e. The van der Waals surface area contributed by atoms with E-state index >= 15 is 0 Å². The standard InChI is InChI=1S/C22H25NO6S/c1-30(26,27)29-13-7-5-3-2-4-6-8-16-9-11-20-18(14-16)19(15-28-20)17-10-12-21(24)23-22(17)25/h9,11,14-15,17H,2-5,7,10,12-13H2,1H3,(H,23,24,25). The molecule has 1 saturated heterocycles. The number of furan rings is 1. The zero-order chi connectivity index (χ0) is 21.6. The van der Waals surface area contributed by atoms with Crippen LogP contribution in [0.2, 0.25) is 0 Å². The summed E-state index contributed by atoms with van der Waals surface area (Å²) >= 11 is 0. The van der Waals surface area contributed by atoms with Crippen LogP contribution in [0.25, 0.3) is 11.0 Å². The topological polar surface area (TPSA) is 103 Å². The molecule has 1 aliphatic heterocycles. The van der Waals surface area contributed by atoms with Crippen LogP contribution in [-0.4, -0.2) is 33.1 Å². The minimum atomic E-state index is -3.35. The Bertz CT molecular complexity index is 1090. The fraction of sp³-hybridized carbons (Fsp3) is 0.455. The molecule has 2 aromatic rings. The molecule has 1 fully saturated rings. The maximum atomic E-state index is 12.2. The lowest BCUT2D eigenvalue weighted by Gasteiger charge is -2.19. The minimum absolute atomic E-state index is 0.227. The molecule has 0 saturated carbocycles. The van der Waals surface area contributed by atoms with E-state index in [0.717, 1.165) is 48.5 Å². The predicted octanol–water partition coefficient (Wildman–Crippen LogP) is 3.23. The second kappa shape index (κ2) is 9.92. The predicted molar refractivity (Wildman–Crippen MR) is 112 cm³/mol. The Morgan fingerprint density at radius 2 is 2.00 bits per heavy atom. The van der Waals surface area contributed by atoms with E-state index in [0.29, 0.717) is 24.8 Å². The number of hydrogen-bond donors (Lipinski definition) is 1. The van der Waals surface area contributed by atoms with Crippen molar-refractivity contribution in [3.8, 4) is 11.8 Å². The SMILES string of the molecule is CS(=O)(=O)OCCCCCCC#Cc1ccc2occ(C3CCC(=O)NC3=O)c2c1. The summed E-state index contributed by atoms with van der Waals surface area (Å²) < 4.78 is 32.0. The lowest BCUT2D eigenvalue weighted by Crippen LogP contribution is -2.39. The molecule has 2 heterocycles. The minimum Gasteiger partial charge on any atom is -0.464 e. The number of piperidine rings is 1. The highest BCUT2D eigenvalue weighted by Gasteiger charge is 2.30. The normalized spacial score (nSPS) is 16.9. The number of fused-ring (bicyclic) bond motifs is 1. The molecule has 1 atom stereocenters. The van der Waals surface area contributed by atoms with Crippen molar-refractivity contribution in [2.45, 2.75) is 50.9 Å². The summed E-state index contributed by atoms with van der Waals surface area (Å²) in [5, 5.41) is 3.23. The molecule has 3 rings (SSSR count). The summed E-state index contributed by atoms with van der Waals surface area (Å²) in [6, 6.07) is 5.65. The van der Waals surface area contributed by atoms with Gasteiger partial charge in [-0.15, -0.1) is 0 Å². The van der Waals surface area contributed by atoms with Crippen LogP contribution in [-0.2, 0) is 23.9 Å². The van der Waals surface area contributed by atoms with Crippen molar-refractivity contribution in [1.29, 1.82) is 0 Å². The largest absolute Gasteiger partial charge is 0.464 e. The van der Waals surface area contributed by atoms with E-state index in [4.69, 9.17) is 8.60 Å². The Hall–Kier alpha value is -2.63. The van der Waals surface area contributed by atoms with Gasteiger partial charge in [0.05, 0.1) is 25.0 Å². The molecule has 0 aliphatic carbocycles. The van der Waals surface area contributed by atoms with Gasteiger partial charge in [0.1, 0.15) is 5.58 Å². The Morgan fingerprint density at radius 1 is 1.20 bits per heavy atom. The first kappa shape index (κ1) is 22.1. The number of rotatable bonds is 8. The van der Waals surface area contributed by atoms with Gasteiger partial charge in [0, 0.05) is 29.4 Å². The molecule has 30 heavy (non-hydrogen) atoms. The first-order chi connectivity index (χ1) is 14.3. The van der Waals surface area contributed by atoms with Crippen molar-refractivity contribution in [3.05, 3.63) is 35.6 Å². The second-order valence-corrected chi connectivity index (χ2v) is 9.04. The second-order valence-electron chi connectivity index (χ2n) is 7.40. The van der Waals surface area contributed by atoms with Gasteiger partial charge in [-0.05, 0) is 37.5 Å². The van der Waals surface area contributed by atoms with Crippen LogP contribution in [0.1, 0.15) is 62.0 Å². The summed E-state index contributed by atoms with van der Waals surface area (Å²) in [6.45, 7) is 0.227. The van der Waals surface area contributed by atoms with E-state index in [1.165, 1.54) is 0 Å². The Labute approximate surface area is 176 Å². The van der Waals surface area contributed by atoms with Crippen molar-refractivity contribution < 1.29 is 26.6 Å². The van der Waals surface area contributed by atoms with Crippen molar-refractivity contribution in [3.63, 3.8) is 0 Å². The van der Waals surface area contributed by atoms with Crippen LogP contribution in [0.3, 0.4) is 0 Å². The molecule has 1 aromatic carbocycles. The molecular weight excluding hydrogens is 406 g/mol. The third-order valence-electron chi connectivity index (χ3n) is 4.94. The molecule has 1 aliphatic rings. The Morgan fingerprint density at radius 3 is 2.77 bits per heavy atom.